The van der Waals surface area contributed by atoms with Crippen molar-refractivity contribution in [3.63, 3.8) is 0 Å². The Labute approximate surface area is 134 Å². The van der Waals surface area contributed by atoms with Gasteiger partial charge in [-0.2, -0.15) is 4.98 Å². The molecule has 1 saturated carbocycles. The molecule has 22 heavy (non-hydrogen) atoms. The molecule has 120 valence electrons. The molecule has 0 saturated heterocycles. The number of thiophene rings is 1. The molecular formula is C14H19N3O3S2. The van der Waals surface area contributed by atoms with Gasteiger partial charge in [0.05, 0.1) is 9.77 Å². The van der Waals surface area contributed by atoms with Gasteiger partial charge in [0.15, 0.2) is 0 Å². The van der Waals surface area contributed by atoms with Crippen molar-refractivity contribution in [3.8, 4) is 10.7 Å². The first-order chi connectivity index (χ1) is 10.5. The first kappa shape index (κ1) is 15.6. The van der Waals surface area contributed by atoms with Gasteiger partial charge in [-0.05, 0) is 25.8 Å². The number of hydrogen-bond donors (Lipinski definition) is 1. The first-order valence-corrected chi connectivity index (χ1v) is 9.69. The number of nitrogens with zero attached hydrogens (tertiary/aromatic N) is 2. The van der Waals surface area contributed by atoms with E-state index in [4.69, 9.17) is 4.52 Å². The van der Waals surface area contributed by atoms with Crippen LogP contribution in [-0.4, -0.2) is 24.6 Å². The van der Waals surface area contributed by atoms with Gasteiger partial charge in [-0.15, -0.1) is 11.3 Å². The Morgan fingerprint density at radius 2 is 2.00 bits per heavy atom. The fourth-order valence-corrected chi connectivity index (χ4v) is 5.57. The standard InChI is InChI=1S/C14H19N3O3S2/c1-9-13(8-12(21-9)14-15-10(2)20-16-14)22(18,19)17-11-6-4-3-5-7-11/h8,11,17H,3-7H2,1-2H3. The lowest BCUT2D eigenvalue weighted by molar-refractivity contribution is 0.394. The van der Waals surface area contributed by atoms with E-state index < -0.39 is 10.0 Å². The highest BCUT2D eigenvalue weighted by Crippen LogP contribution is 2.32. The summed E-state index contributed by atoms with van der Waals surface area (Å²) in [4.78, 5) is 5.91. The Hall–Kier alpha value is -1.25. The van der Waals surface area contributed by atoms with Crippen molar-refractivity contribution in [1.82, 2.24) is 14.9 Å². The van der Waals surface area contributed by atoms with Gasteiger partial charge in [0, 0.05) is 17.8 Å². The van der Waals surface area contributed by atoms with Crippen molar-refractivity contribution < 1.29 is 12.9 Å². The second kappa shape index (κ2) is 6.10. The van der Waals surface area contributed by atoms with Crippen molar-refractivity contribution in [3.05, 3.63) is 16.8 Å². The molecule has 1 aliphatic rings. The normalized spacial score (nSPS) is 17.0. The van der Waals surface area contributed by atoms with Gasteiger partial charge in [-0.25, -0.2) is 13.1 Å². The number of aromatic nitrogens is 2. The average molecular weight is 341 g/mol. The summed E-state index contributed by atoms with van der Waals surface area (Å²) in [6, 6.07) is 1.68. The molecule has 6 nitrogen and oxygen atoms in total. The molecule has 0 amide bonds. The fourth-order valence-electron chi connectivity index (χ4n) is 2.75. The third-order valence-corrected chi connectivity index (χ3v) is 6.66. The molecule has 0 atom stereocenters. The van der Waals surface area contributed by atoms with Gasteiger partial charge in [-0.1, -0.05) is 24.4 Å². The maximum absolute atomic E-state index is 12.6. The first-order valence-electron chi connectivity index (χ1n) is 7.39. The summed E-state index contributed by atoms with van der Waals surface area (Å²) < 4.78 is 33.0. The second-order valence-corrected chi connectivity index (χ2v) is 8.56. The van der Waals surface area contributed by atoms with E-state index in [1.54, 1.807) is 19.9 Å². The molecule has 0 bridgehead atoms. The van der Waals surface area contributed by atoms with Crippen LogP contribution in [0.4, 0.5) is 0 Å². The van der Waals surface area contributed by atoms with Crippen LogP contribution >= 0.6 is 11.3 Å². The zero-order valence-corrected chi connectivity index (χ0v) is 14.3. The Balaban J connectivity index is 1.85. The maximum Gasteiger partial charge on any atom is 0.241 e. The van der Waals surface area contributed by atoms with Crippen LogP contribution in [0.25, 0.3) is 10.7 Å². The number of rotatable bonds is 4. The van der Waals surface area contributed by atoms with Crippen LogP contribution < -0.4 is 4.72 Å². The van der Waals surface area contributed by atoms with Crippen LogP contribution in [0.1, 0.15) is 42.9 Å². The van der Waals surface area contributed by atoms with E-state index in [0.717, 1.165) is 30.6 Å². The summed E-state index contributed by atoms with van der Waals surface area (Å²) in [5, 5.41) is 3.85. The topological polar surface area (TPSA) is 85.1 Å². The smallest absolute Gasteiger partial charge is 0.241 e. The zero-order chi connectivity index (χ0) is 15.7. The van der Waals surface area contributed by atoms with Gasteiger partial charge in [0.25, 0.3) is 0 Å². The Morgan fingerprint density at radius 3 is 2.64 bits per heavy atom. The highest BCUT2D eigenvalue weighted by atomic mass is 32.2. The van der Waals surface area contributed by atoms with Crippen LogP contribution in [-0.2, 0) is 10.0 Å². The number of nitrogens with one attached hydrogen (secondary N) is 1. The maximum atomic E-state index is 12.6. The highest BCUT2D eigenvalue weighted by Gasteiger charge is 2.25. The monoisotopic (exact) mass is 341 g/mol. The summed E-state index contributed by atoms with van der Waals surface area (Å²) in [6.45, 7) is 3.51. The number of hydrogen-bond acceptors (Lipinski definition) is 6. The van der Waals surface area contributed by atoms with E-state index in [1.165, 1.54) is 17.8 Å². The lowest BCUT2D eigenvalue weighted by Gasteiger charge is -2.22. The average Bonchev–Trinajstić information content (AvgIpc) is 3.06. The Kier molecular flexibility index (Phi) is 4.33. The van der Waals surface area contributed by atoms with Crippen molar-refractivity contribution in [2.45, 2.75) is 56.9 Å². The summed E-state index contributed by atoms with van der Waals surface area (Å²) in [6.07, 6.45) is 5.20. The summed E-state index contributed by atoms with van der Waals surface area (Å²) in [5.74, 6) is 0.899. The predicted molar refractivity (Wildman–Crippen MR) is 84.3 cm³/mol. The molecule has 0 radical (unpaired) electrons. The van der Waals surface area contributed by atoms with E-state index in [1.807, 2.05) is 0 Å². The summed E-state index contributed by atoms with van der Waals surface area (Å²) in [7, 11) is -3.50. The molecule has 8 heteroatoms. The lowest BCUT2D eigenvalue weighted by atomic mass is 9.96. The quantitative estimate of drug-likeness (QED) is 0.924. The van der Waals surface area contributed by atoms with Crippen molar-refractivity contribution >= 4 is 21.4 Å². The van der Waals surface area contributed by atoms with E-state index in [-0.39, 0.29) is 6.04 Å². The van der Waals surface area contributed by atoms with E-state index in [0.29, 0.717) is 21.5 Å². The summed E-state index contributed by atoms with van der Waals surface area (Å²) in [5.41, 5.74) is 0. The van der Waals surface area contributed by atoms with Gasteiger partial charge in [0.2, 0.25) is 21.7 Å². The molecule has 2 heterocycles. The summed E-state index contributed by atoms with van der Waals surface area (Å²) >= 11 is 1.37. The molecule has 2 aromatic rings. The minimum atomic E-state index is -3.50. The molecular weight excluding hydrogens is 322 g/mol. The van der Waals surface area contributed by atoms with E-state index in [2.05, 4.69) is 14.9 Å². The SMILES string of the molecule is Cc1nc(-c2cc(S(=O)(=O)NC3CCCCC3)c(C)s2)no1. The molecule has 1 N–H and O–H groups in total. The predicted octanol–water partition coefficient (Wildman–Crippen LogP) is 3.03. The highest BCUT2D eigenvalue weighted by molar-refractivity contribution is 7.89. The van der Waals surface area contributed by atoms with Crippen molar-refractivity contribution in [1.29, 1.82) is 0 Å². The molecule has 0 spiro atoms. The molecule has 0 aromatic carbocycles. The van der Waals surface area contributed by atoms with Crippen molar-refractivity contribution in [2.75, 3.05) is 0 Å². The van der Waals surface area contributed by atoms with E-state index in [9.17, 15) is 8.42 Å². The van der Waals surface area contributed by atoms with Gasteiger partial charge < -0.3 is 4.52 Å². The zero-order valence-electron chi connectivity index (χ0n) is 12.6. The third kappa shape index (κ3) is 3.23. The molecule has 0 aliphatic heterocycles. The number of aryl methyl sites for hydroxylation is 2. The van der Waals surface area contributed by atoms with Gasteiger partial charge >= 0.3 is 0 Å². The molecule has 1 fully saturated rings. The van der Waals surface area contributed by atoms with Crippen molar-refractivity contribution in [2.24, 2.45) is 0 Å². The van der Waals surface area contributed by atoms with E-state index >= 15 is 0 Å². The number of sulfonamides is 1. The Bertz CT molecular complexity index is 758. The van der Waals surface area contributed by atoms with Crippen LogP contribution in [0.3, 0.4) is 0 Å². The minimum absolute atomic E-state index is 0.0499. The molecule has 2 aromatic heterocycles. The molecule has 0 unspecified atom stereocenters. The molecule has 3 rings (SSSR count). The largest absolute Gasteiger partial charge is 0.339 e. The van der Waals surface area contributed by atoms with Crippen LogP contribution in [0.15, 0.2) is 15.5 Å². The lowest BCUT2D eigenvalue weighted by Crippen LogP contribution is -2.36. The Morgan fingerprint density at radius 1 is 1.27 bits per heavy atom. The van der Waals surface area contributed by atoms with Gasteiger partial charge in [-0.3, -0.25) is 0 Å². The fraction of sp³-hybridized carbons (Fsp3) is 0.571. The molecule has 1 aliphatic carbocycles. The van der Waals surface area contributed by atoms with Crippen LogP contribution in [0.2, 0.25) is 0 Å². The minimum Gasteiger partial charge on any atom is -0.339 e. The third-order valence-electron chi connectivity index (χ3n) is 3.84. The second-order valence-electron chi connectivity index (χ2n) is 5.62. The van der Waals surface area contributed by atoms with Crippen LogP contribution in [0, 0.1) is 13.8 Å². The van der Waals surface area contributed by atoms with Crippen LogP contribution in [0.5, 0.6) is 0 Å². The van der Waals surface area contributed by atoms with Gasteiger partial charge in [0.1, 0.15) is 0 Å².